The SMILES string of the molecule is CC(C)(C)OC(=O)NC1CCC(C(=O)C2CCC(NC(=O)OC(C)(C)C)CC2)CC1. The minimum atomic E-state index is -0.506. The van der Waals surface area contributed by atoms with E-state index in [1.54, 1.807) is 0 Å². The van der Waals surface area contributed by atoms with Gasteiger partial charge in [0.2, 0.25) is 0 Å². The van der Waals surface area contributed by atoms with Crippen molar-refractivity contribution in [3.05, 3.63) is 0 Å². The molecule has 0 heterocycles. The molecule has 0 aromatic carbocycles. The number of carbonyl (C=O) groups excluding carboxylic acids is 3. The van der Waals surface area contributed by atoms with Gasteiger partial charge in [0.05, 0.1) is 0 Å². The molecule has 0 aromatic rings. The maximum Gasteiger partial charge on any atom is 0.407 e. The van der Waals surface area contributed by atoms with Gasteiger partial charge in [0.15, 0.2) is 0 Å². The van der Waals surface area contributed by atoms with E-state index in [-0.39, 0.29) is 36.1 Å². The predicted molar refractivity (Wildman–Crippen MR) is 115 cm³/mol. The Labute approximate surface area is 181 Å². The molecule has 0 bridgehead atoms. The standard InChI is InChI=1S/C23H40N2O5/c1-22(2,3)29-20(27)24-17-11-7-15(8-12-17)19(26)16-9-13-18(14-10-16)25-21(28)30-23(4,5)6/h15-18H,7-14H2,1-6H3,(H,24,27)(H,25,28). The number of nitrogens with one attached hydrogen (secondary N) is 2. The van der Waals surface area contributed by atoms with Gasteiger partial charge in [-0.2, -0.15) is 0 Å². The average Bonchev–Trinajstić information content (AvgIpc) is 2.59. The fourth-order valence-electron chi connectivity index (χ4n) is 4.33. The minimum absolute atomic E-state index is 0.0812. The molecule has 2 aliphatic carbocycles. The summed E-state index contributed by atoms with van der Waals surface area (Å²) < 4.78 is 10.6. The summed E-state index contributed by atoms with van der Waals surface area (Å²) in [6, 6.07) is 0.162. The zero-order chi connectivity index (χ0) is 22.5. The molecule has 7 nitrogen and oxygen atoms in total. The number of ketones is 1. The number of carbonyl (C=O) groups is 3. The van der Waals surface area contributed by atoms with E-state index in [9.17, 15) is 14.4 Å². The van der Waals surface area contributed by atoms with Crippen LogP contribution in [0.2, 0.25) is 0 Å². The van der Waals surface area contributed by atoms with Crippen LogP contribution in [-0.2, 0) is 14.3 Å². The summed E-state index contributed by atoms with van der Waals surface area (Å²) in [7, 11) is 0. The van der Waals surface area contributed by atoms with Crippen LogP contribution in [0.1, 0.15) is 92.9 Å². The molecule has 0 saturated heterocycles. The predicted octanol–water partition coefficient (Wildman–Crippen LogP) is 4.72. The maximum absolute atomic E-state index is 13.0. The van der Waals surface area contributed by atoms with Crippen molar-refractivity contribution in [2.75, 3.05) is 0 Å². The minimum Gasteiger partial charge on any atom is -0.444 e. The maximum atomic E-state index is 13.0. The Morgan fingerprint density at radius 2 is 0.900 bits per heavy atom. The number of hydrogen-bond acceptors (Lipinski definition) is 5. The fourth-order valence-corrected chi connectivity index (χ4v) is 4.33. The summed E-state index contributed by atoms with van der Waals surface area (Å²) in [4.78, 5) is 36.8. The zero-order valence-electron chi connectivity index (χ0n) is 19.5. The lowest BCUT2D eigenvalue weighted by Crippen LogP contribution is -2.43. The van der Waals surface area contributed by atoms with Gasteiger partial charge in [-0.3, -0.25) is 4.79 Å². The van der Waals surface area contributed by atoms with E-state index < -0.39 is 11.2 Å². The van der Waals surface area contributed by atoms with Crippen LogP contribution >= 0.6 is 0 Å². The highest BCUT2D eigenvalue weighted by atomic mass is 16.6. The van der Waals surface area contributed by atoms with Crippen molar-refractivity contribution in [1.82, 2.24) is 10.6 Å². The second-order valence-corrected chi connectivity index (χ2v) is 10.8. The largest absolute Gasteiger partial charge is 0.444 e. The van der Waals surface area contributed by atoms with Gasteiger partial charge in [0.1, 0.15) is 17.0 Å². The molecule has 0 radical (unpaired) electrons. The Bertz CT molecular complexity index is 552. The van der Waals surface area contributed by atoms with Crippen molar-refractivity contribution < 1.29 is 23.9 Å². The summed E-state index contributed by atoms with van der Waals surface area (Å²) in [6.07, 6.45) is 5.74. The molecule has 7 heteroatoms. The summed E-state index contributed by atoms with van der Waals surface area (Å²) in [5.41, 5.74) is -1.01. The van der Waals surface area contributed by atoms with Crippen LogP contribution in [-0.4, -0.2) is 41.3 Å². The van der Waals surface area contributed by atoms with Crippen LogP contribution in [0.25, 0.3) is 0 Å². The molecule has 2 saturated carbocycles. The van der Waals surface area contributed by atoms with Crippen LogP contribution in [0.5, 0.6) is 0 Å². The molecule has 0 atom stereocenters. The highest BCUT2D eigenvalue weighted by Gasteiger charge is 2.34. The average molecular weight is 425 g/mol. The monoisotopic (exact) mass is 424 g/mol. The van der Waals surface area contributed by atoms with Crippen molar-refractivity contribution in [2.24, 2.45) is 11.8 Å². The Morgan fingerprint density at radius 3 is 1.17 bits per heavy atom. The fraction of sp³-hybridized carbons (Fsp3) is 0.870. The van der Waals surface area contributed by atoms with Crippen LogP contribution in [0.3, 0.4) is 0 Å². The molecule has 0 aliphatic heterocycles. The lowest BCUT2D eigenvalue weighted by Gasteiger charge is -2.34. The highest BCUT2D eigenvalue weighted by Crippen LogP contribution is 2.33. The van der Waals surface area contributed by atoms with Gasteiger partial charge < -0.3 is 20.1 Å². The summed E-state index contributed by atoms with van der Waals surface area (Å²) in [5, 5.41) is 5.86. The van der Waals surface area contributed by atoms with Gasteiger partial charge >= 0.3 is 12.2 Å². The number of ether oxygens (including phenoxy) is 2. The zero-order valence-corrected chi connectivity index (χ0v) is 19.5. The third-order valence-electron chi connectivity index (χ3n) is 5.70. The van der Waals surface area contributed by atoms with E-state index >= 15 is 0 Å². The second kappa shape index (κ2) is 10.0. The summed E-state index contributed by atoms with van der Waals surface area (Å²) in [6.45, 7) is 11.1. The van der Waals surface area contributed by atoms with Crippen molar-refractivity contribution in [3.63, 3.8) is 0 Å². The van der Waals surface area contributed by atoms with E-state index in [1.165, 1.54) is 0 Å². The summed E-state index contributed by atoms with van der Waals surface area (Å²) in [5.74, 6) is 0.533. The first kappa shape index (κ1) is 24.5. The van der Waals surface area contributed by atoms with E-state index in [0.717, 1.165) is 51.4 Å². The van der Waals surface area contributed by atoms with E-state index in [0.29, 0.717) is 5.78 Å². The van der Waals surface area contributed by atoms with E-state index in [4.69, 9.17) is 9.47 Å². The number of amides is 2. The Hall–Kier alpha value is -1.79. The normalized spacial score (nSPS) is 27.7. The number of rotatable bonds is 4. The van der Waals surface area contributed by atoms with Crippen LogP contribution in [0.4, 0.5) is 9.59 Å². The quantitative estimate of drug-likeness (QED) is 0.681. The lowest BCUT2D eigenvalue weighted by atomic mass is 9.75. The van der Waals surface area contributed by atoms with Crippen LogP contribution in [0.15, 0.2) is 0 Å². The third kappa shape index (κ3) is 8.52. The van der Waals surface area contributed by atoms with Gasteiger partial charge in [-0.05, 0) is 92.9 Å². The van der Waals surface area contributed by atoms with Crippen molar-refractivity contribution in [2.45, 2.75) is 116 Å². The molecule has 172 valence electrons. The van der Waals surface area contributed by atoms with E-state index in [1.807, 2.05) is 41.5 Å². The molecule has 2 amide bonds. The molecule has 2 N–H and O–H groups in total. The van der Waals surface area contributed by atoms with Crippen LogP contribution < -0.4 is 10.6 Å². The summed E-state index contributed by atoms with van der Waals surface area (Å²) >= 11 is 0. The first-order valence-corrected chi connectivity index (χ1v) is 11.3. The lowest BCUT2D eigenvalue weighted by molar-refractivity contribution is -0.129. The number of hydrogen-bond donors (Lipinski definition) is 2. The smallest absolute Gasteiger partial charge is 0.407 e. The number of Topliss-reactive ketones (excluding diaryl/α,β-unsaturated/α-hetero) is 1. The number of alkyl carbamates (subject to hydrolysis) is 2. The molecule has 30 heavy (non-hydrogen) atoms. The molecule has 2 rings (SSSR count). The van der Waals surface area contributed by atoms with E-state index in [2.05, 4.69) is 10.6 Å². The van der Waals surface area contributed by atoms with Gasteiger partial charge in [0, 0.05) is 23.9 Å². The molecular formula is C23H40N2O5. The topological polar surface area (TPSA) is 93.7 Å². The Balaban J connectivity index is 1.70. The van der Waals surface area contributed by atoms with Crippen molar-refractivity contribution in [1.29, 1.82) is 0 Å². The highest BCUT2D eigenvalue weighted by molar-refractivity contribution is 5.83. The third-order valence-corrected chi connectivity index (χ3v) is 5.70. The van der Waals surface area contributed by atoms with Crippen LogP contribution in [0, 0.1) is 11.8 Å². The molecule has 2 fully saturated rings. The molecule has 0 aromatic heterocycles. The second-order valence-electron chi connectivity index (χ2n) is 10.8. The molecular weight excluding hydrogens is 384 g/mol. The molecule has 2 aliphatic rings. The molecule has 0 unspecified atom stereocenters. The first-order valence-electron chi connectivity index (χ1n) is 11.3. The van der Waals surface area contributed by atoms with Gasteiger partial charge in [-0.15, -0.1) is 0 Å². The van der Waals surface area contributed by atoms with Gasteiger partial charge in [-0.1, -0.05) is 0 Å². The Morgan fingerprint density at radius 1 is 0.600 bits per heavy atom. The Kier molecular flexibility index (Phi) is 8.17. The van der Waals surface area contributed by atoms with Gasteiger partial charge in [0.25, 0.3) is 0 Å². The first-order chi connectivity index (χ1) is 13.8. The van der Waals surface area contributed by atoms with Gasteiger partial charge in [-0.25, -0.2) is 9.59 Å². The molecule has 0 spiro atoms. The van der Waals surface area contributed by atoms with Crippen molar-refractivity contribution in [3.8, 4) is 0 Å². The van der Waals surface area contributed by atoms with Crippen molar-refractivity contribution >= 4 is 18.0 Å².